The Morgan fingerprint density at radius 1 is 1.40 bits per heavy atom. The lowest BCUT2D eigenvalue weighted by Gasteiger charge is -2.18. The number of H-pyrrole nitrogens is 1. The fraction of sp³-hybridized carbons (Fsp3) is 0.467. The van der Waals surface area contributed by atoms with Crippen LogP contribution in [0.25, 0.3) is 11.0 Å². The van der Waals surface area contributed by atoms with Crippen molar-refractivity contribution in [1.29, 1.82) is 0 Å². The van der Waals surface area contributed by atoms with Crippen LogP contribution >= 0.6 is 0 Å². The van der Waals surface area contributed by atoms with Crippen molar-refractivity contribution in [2.24, 2.45) is 5.92 Å². The van der Waals surface area contributed by atoms with Gasteiger partial charge >= 0.3 is 11.7 Å². The topological polar surface area (TPSA) is 75.1 Å². The summed E-state index contributed by atoms with van der Waals surface area (Å²) in [4.78, 5) is 26.2. The van der Waals surface area contributed by atoms with Crippen LogP contribution in [0.2, 0.25) is 0 Å². The zero-order valence-corrected chi connectivity index (χ0v) is 12.0. The van der Waals surface area contributed by atoms with Gasteiger partial charge in [-0.05, 0) is 31.4 Å². The molecule has 5 nitrogen and oxygen atoms in total. The minimum absolute atomic E-state index is 0.0355. The number of hydrogen-bond donors (Lipinski definition) is 2. The molecule has 0 saturated carbocycles. The maximum Gasteiger partial charge on any atom is 0.337 e. The van der Waals surface area contributed by atoms with Gasteiger partial charge in [0.1, 0.15) is 0 Å². The number of aromatic carboxylic acids is 1. The number of rotatable bonds is 5. The molecular weight excluding hydrogens is 256 g/mol. The van der Waals surface area contributed by atoms with Crippen molar-refractivity contribution in [1.82, 2.24) is 9.55 Å². The van der Waals surface area contributed by atoms with E-state index in [0.29, 0.717) is 17.0 Å². The van der Waals surface area contributed by atoms with Crippen molar-refractivity contribution >= 4 is 17.0 Å². The molecule has 0 fully saturated rings. The number of benzene rings is 1. The van der Waals surface area contributed by atoms with Gasteiger partial charge in [0.2, 0.25) is 0 Å². The maximum atomic E-state index is 12.1. The molecule has 2 atom stereocenters. The summed E-state index contributed by atoms with van der Waals surface area (Å²) < 4.78 is 1.57. The van der Waals surface area contributed by atoms with Crippen LogP contribution in [0.4, 0.5) is 0 Å². The maximum absolute atomic E-state index is 12.1. The molecule has 0 aliphatic rings. The largest absolute Gasteiger partial charge is 0.478 e. The molecule has 1 heterocycles. The molecule has 0 radical (unpaired) electrons. The van der Waals surface area contributed by atoms with E-state index in [2.05, 4.69) is 18.8 Å². The Kier molecular flexibility index (Phi) is 3.97. The van der Waals surface area contributed by atoms with Crippen molar-refractivity contribution in [2.75, 3.05) is 0 Å². The second-order valence-electron chi connectivity index (χ2n) is 5.41. The number of carboxylic acid groups (broad SMARTS) is 1. The molecule has 0 spiro atoms. The lowest BCUT2D eigenvalue weighted by Crippen LogP contribution is -2.22. The van der Waals surface area contributed by atoms with Gasteiger partial charge in [-0.2, -0.15) is 0 Å². The molecule has 1 aromatic carbocycles. The van der Waals surface area contributed by atoms with Crippen LogP contribution in [0.3, 0.4) is 0 Å². The van der Waals surface area contributed by atoms with Crippen molar-refractivity contribution in [2.45, 2.75) is 39.7 Å². The van der Waals surface area contributed by atoms with E-state index in [4.69, 9.17) is 0 Å². The van der Waals surface area contributed by atoms with Crippen LogP contribution < -0.4 is 5.69 Å². The second-order valence-corrected chi connectivity index (χ2v) is 5.41. The van der Waals surface area contributed by atoms with Crippen LogP contribution in [-0.2, 0) is 0 Å². The first kappa shape index (κ1) is 14.4. The van der Waals surface area contributed by atoms with Gasteiger partial charge in [0.25, 0.3) is 0 Å². The summed E-state index contributed by atoms with van der Waals surface area (Å²) in [5, 5.41) is 9.30. The molecule has 0 aliphatic carbocycles. The van der Waals surface area contributed by atoms with Crippen LogP contribution in [0, 0.1) is 5.92 Å². The number of hydrogen-bond acceptors (Lipinski definition) is 2. The fourth-order valence-corrected chi connectivity index (χ4v) is 2.63. The molecule has 0 aliphatic heterocycles. The first-order valence-corrected chi connectivity index (χ1v) is 6.92. The summed E-state index contributed by atoms with van der Waals surface area (Å²) in [6.45, 7) is 6.20. The number of nitrogens with zero attached hydrogens (tertiary/aromatic N) is 1. The van der Waals surface area contributed by atoms with E-state index in [1.165, 1.54) is 6.07 Å². The lowest BCUT2D eigenvalue weighted by molar-refractivity contribution is 0.0698. The van der Waals surface area contributed by atoms with E-state index in [-0.39, 0.29) is 17.3 Å². The van der Waals surface area contributed by atoms with Crippen LogP contribution in [0.15, 0.2) is 23.0 Å². The third kappa shape index (κ3) is 2.48. The molecule has 1 aromatic heterocycles. The van der Waals surface area contributed by atoms with Gasteiger partial charge in [-0.15, -0.1) is 0 Å². The van der Waals surface area contributed by atoms with Gasteiger partial charge in [-0.1, -0.05) is 26.3 Å². The van der Waals surface area contributed by atoms with Crippen LogP contribution in [0.1, 0.15) is 50.0 Å². The van der Waals surface area contributed by atoms with Crippen molar-refractivity contribution in [3.05, 3.63) is 34.2 Å². The summed E-state index contributed by atoms with van der Waals surface area (Å²) in [5.74, 6) is -0.530. The van der Waals surface area contributed by atoms with E-state index < -0.39 is 5.97 Å². The number of imidazole rings is 1. The normalized spacial score (nSPS) is 14.3. The highest BCUT2D eigenvalue weighted by Gasteiger charge is 2.19. The molecule has 108 valence electrons. The SMILES string of the molecule is CCC(C)CC(C)n1c(=O)[nH]c2cccc(C(=O)O)c21. The van der Waals surface area contributed by atoms with Crippen molar-refractivity contribution < 1.29 is 9.90 Å². The molecular formula is C15H20N2O3. The lowest BCUT2D eigenvalue weighted by atomic mass is 10.00. The molecule has 2 aromatic rings. The quantitative estimate of drug-likeness (QED) is 0.881. The summed E-state index contributed by atoms with van der Waals surface area (Å²) in [5.41, 5.74) is 0.980. The number of carboxylic acids is 1. The Labute approximate surface area is 117 Å². The number of fused-ring (bicyclic) bond motifs is 1. The van der Waals surface area contributed by atoms with Gasteiger partial charge < -0.3 is 10.1 Å². The van der Waals surface area contributed by atoms with Gasteiger partial charge in [0.15, 0.2) is 0 Å². The Balaban J connectivity index is 2.60. The Morgan fingerprint density at radius 3 is 2.70 bits per heavy atom. The van der Waals surface area contributed by atoms with E-state index in [1.54, 1.807) is 16.7 Å². The first-order valence-electron chi connectivity index (χ1n) is 6.92. The summed E-state index contributed by atoms with van der Waals surface area (Å²) in [6.07, 6.45) is 1.88. The Morgan fingerprint density at radius 2 is 2.10 bits per heavy atom. The predicted molar refractivity (Wildman–Crippen MR) is 78.3 cm³/mol. The third-order valence-corrected chi connectivity index (χ3v) is 3.85. The molecule has 2 unspecified atom stereocenters. The number of aromatic amines is 1. The third-order valence-electron chi connectivity index (χ3n) is 3.85. The van der Waals surface area contributed by atoms with E-state index >= 15 is 0 Å². The molecule has 20 heavy (non-hydrogen) atoms. The fourth-order valence-electron chi connectivity index (χ4n) is 2.63. The second kappa shape index (κ2) is 5.53. The number of nitrogens with one attached hydrogen (secondary N) is 1. The predicted octanol–water partition coefficient (Wildman–Crippen LogP) is 3.03. The first-order chi connectivity index (χ1) is 9.45. The molecule has 0 amide bonds. The Hall–Kier alpha value is -2.04. The number of aromatic nitrogens is 2. The summed E-state index contributed by atoms with van der Waals surface area (Å²) in [7, 11) is 0. The van der Waals surface area contributed by atoms with Crippen LogP contribution in [-0.4, -0.2) is 20.6 Å². The Bertz CT molecular complexity index is 684. The highest BCUT2D eigenvalue weighted by atomic mass is 16.4. The highest BCUT2D eigenvalue weighted by Crippen LogP contribution is 2.24. The highest BCUT2D eigenvalue weighted by molar-refractivity contribution is 6.01. The average Bonchev–Trinajstić information content (AvgIpc) is 2.73. The van der Waals surface area contributed by atoms with E-state index in [1.807, 2.05) is 6.92 Å². The molecule has 0 bridgehead atoms. The van der Waals surface area contributed by atoms with Gasteiger partial charge in [0.05, 0.1) is 16.6 Å². The zero-order valence-electron chi connectivity index (χ0n) is 12.0. The van der Waals surface area contributed by atoms with E-state index in [0.717, 1.165) is 12.8 Å². The van der Waals surface area contributed by atoms with Gasteiger partial charge in [0, 0.05) is 6.04 Å². The zero-order chi connectivity index (χ0) is 14.9. The van der Waals surface area contributed by atoms with Crippen molar-refractivity contribution in [3.63, 3.8) is 0 Å². The minimum atomic E-state index is -1.01. The van der Waals surface area contributed by atoms with Gasteiger partial charge in [-0.3, -0.25) is 4.57 Å². The monoisotopic (exact) mass is 276 g/mol. The minimum Gasteiger partial charge on any atom is -0.478 e. The van der Waals surface area contributed by atoms with E-state index in [9.17, 15) is 14.7 Å². The number of carbonyl (C=O) groups is 1. The average molecular weight is 276 g/mol. The van der Waals surface area contributed by atoms with Crippen molar-refractivity contribution in [3.8, 4) is 0 Å². The summed E-state index contributed by atoms with van der Waals surface area (Å²) >= 11 is 0. The molecule has 5 heteroatoms. The standard InChI is InChI=1S/C15H20N2O3/c1-4-9(2)8-10(3)17-13-11(14(18)19)6-5-7-12(13)16-15(17)20/h5-7,9-10H,4,8H2,1-3H3,(H,16,20)(H,18,19). The molecule has 2 rings (SSSR count). The molecule has 0 saturated heterocycles. The smallest absolute Gasteiger partial charge is 0.337 e. The summed E-state index contributed by atoms with van der Waals surface area (Å²) in [6, 6.07) is 4.87. The number of para-hydroxylation sites is 1. The van der Waals surface area contributed by atoms with Gasteiger partial charge in [-0.25, -0.2) is 9.59 Å². The van der Waals surface area contributed by atoms with Crippen LogP contribution in [0.5, 0.6) is 0 Å². The molecule has 2 N–H and O–H groups in total.